The van der Waals surface area contributed by atoms with Gasteiger partial charge in [-0.15, -0.1) is 0 Å². The second-order valence-corrected chi connectivity index (χ2v) is 6.17. The molecule has 4 heteroatoms. The number of benzene rings is 2. The van der Waals surface area contributed by atoms with E-state index in [4.69, 9.17) is 0 Å². The first-order chi connectivity index (χ1) is 12.8. The molecule has 26 heavy (non-hydrogen) atoms. The van der Waals surface area contributed by atoms with Crippen molar-refractivity contribution < 1.29 is 4.79 Å². The summed E-state index contributed by atoms with van der Waals surface area (Å²) in [6.45, 7) is 0. The molecular weight excluding hydrogens is 322 g/mol. The fraction of sp³-hybridized carbons (Fsp3) is 0.0909. The zero-order valence-electron chi connectivity index (χ0n) is 14.3. The van der Waals surface area contributed by atoms with Gasteiger partial charge >= 0.3 is 0 Å². The van der Waals surface area contributed by atoms with Crippen molar-refractivity contribution in [3.8, 4) is 11.3 Å². The highest BCUT2D eigenvalue weighted by molar-refractivity contribution is 5.95. The van der Waals surface area contributed by atoms with E-state index in [0.717, 1.165) is 34.6 Å². The quantitative estimate of drug-likeness (QED) is 0.578. The van der Waals surface area contributed by atoms with Gasteiger partial charge in [-0.2, -0.15) is 0 Å². The smallest absolute Gasteiger partial charge is 0.224 e. The second kappa shape index (κ2) is 7.23. The molecule has 0 unspecified atom stereocenters. The number of amides is 1. The lowest BCUT2D eigenvalue weighted by Crippen LogP contribution is -2.13. The number of carbonyl (C=O) groups excluding carboxylic acids is 1. The topological polar surface area (TPSA) is 46.4 Å². The molecule has 2 heterocycles. The number of aryl methyl sites for hydroxylation is 1. The third-order valence-electron chi connectivity index (χ3n) is 4.32. The van der Waals surface area contributed by atoms with Crippen LogP contribution in [-0.2, 0) is 11.2 Å². The number of aromatic nitrogens is 2. The first kappa shape index (κ1) is 16.1. The van der Waals surface area contributed by atoms with E-state index >= 15 is 0 Å². The minimum atomic E-state index is 0.00469. The number of hydrogen-bond donors (Lipinski definition) is 1. The number of pyridine rings is 1. The van der Waals surface area contributed by atoms with Crippen molar-refractivity contribution in [1.82, 2.24) is 9.38 Å². The third kappa shape index (κ3) is 3.49. The van der Waals surface area contributed by atoms with Crippen LogP contribution in [0.3, 0.4) is 0 Å². The molecule has 0 fully saturated rings. The van der Waals surface area contributed by atoms with Crippen LogP contribution in [0.1, 0.15) is 12.0 Å². The maximum atomic E-state index is 12.4. The SMILES string of the molecule is O=C(CCc1ccccc1)Nc1ccccc1-c1cn2ccccc2n1. The third-order valence-corrected chi connectivity index (χ3v) is 4.32. The number of nitrogens with one attached hydrogen (secondary N) is 1. The van der Waals surface area contributed by atoms with E-state index in [-0.39, 0.29) is 5.91 Å². The van der Waals surface area contributed by atoms with E-state index in [1.165, 1.54) is 0 Å². The molecule has 0 atom stereocenters. The van der Waals surface area contributed by atoms with E-state index < -0.39 is 0 Å². The van der Waals surface area contributed by atoms with E-state index in [1.54, 1.807) is 0 Å². The Morgan fingerprint density at radius 2 is 1.69 bits per heavy atom. The normalized spacial score (nSPS) is 10.8. The van der Waals surface area contributed by atoms with Gasteiger partial charge in [0.15, 0.2) is 0 Å². The van der Waals surface area contributed by atoms with Gasteiger partial charge in [0.25, 0.3) is 0 Å². The first-order valence-corrected chi connectivity index (χ1v) is 8.66. The summed E-state index contributed by atoms with van der Waals surface area (Å²) in [6, 6.07) is 23.7. The van der Waals surface area contributed by atoms with E-state index in [2.05, 4.69) is 10.3 Å². The summed E-state index contributed by atoms with van der Waals surface area (Å²) in [7, 11) is 0. The largest absolute Gasteiger partial charge is 0.325 e. The zero-order valence-corrected chi connectivity index (χ0v) is 14.3. The van der Waals surface area contributed by atoms with Crippen LogP contribution in [0.5, 0.6) is 0 Å². The minimum Gasteiger partial charge on any atom is -0.325 e. The van der Waals surface area contributed by atoms with Gasteiger partial charge in [-0.25, -0.2) is 4.98 Å². The average molecular weight is 341 g/mol. The Morgan fingerprint density at radius 1 is 0.923 bits per heavy atom. The number of carbonyl (C=O) groups is 1. The highest BCUT2D eigenvalue weighted by atomic mass is 16.1. The molecule has 1 N–H and O–H groups in total. The van der Waals surface area contributed by atoms with Crippen LogP contribution in [0.25, 0.3) is 16.9 Å². The number of hydrogen-bond acceptors (Lipinski definition) is 2. The molecule has 4 rings (SSSR count). The molecule has 0 bridgehead atoms. The van der Waals surface area contributed by atoms with Crippen molar-refractivity contribution in [2.75, 3.05) is 5.32 Å². The number of rotatable bonds is 5. The number of fused-ring (bicyclic) bond motifs is 1. The first-order valence-electron chi connectivity index (χ1n) is 8.66. The molecule has 4 aromatic rings. The highest BCUT2D eigenvalue weighted by Crippen LogP contribution is 2.27. The molecule has 2 aromatic heterocycles. The van der Waals surface area contributed by atoms with E-state index in [1.807, 2.05) is 89.6 Å². The lowest BCUT2D eigenvalue weighted by Gasteiger charge is -2.09. The van der Waals surface area contributed by atoms with Gasteiger partial charge in [-0.3, -0.25) is 4.79 Å². The number of para-hydroxylation sites is 1. The van der Waals surface area contributed by atoms with Crippen molar-refractivity contribution in [1.29, 1.82) is 0 Å². The van der Waals surface area contributed by atoms with Gasteiger partial charge < -0.3 is 9.72 Å². The Labute approximate surface area is 152 Å². The molecule has 0 aliphatic carbocycles. The van der Waals surface area contributed by atoms with Gasteiger partial charge in [0, 0.05) is 24.4 Å². The number of anilines is 1. The average Bonchev–Trinajstić information content (AvgIpc) is 3.12. The summed E-state index contributed by atoms with van der Waals surface area (Å²) in [4.78, 5) is 17.1. The summed E-state index contributed by atoms with van der Waals surface area (Å²) < 4.78 is 1.98. The molecule has 0 saturated carbocycles. The van der Waals surface area contributed by atoms with Crippen LogP contribution in [0.2, 0.25) is 0 Å². The van der Waals surface area contributed by atoms with Crippen molar-refractivity contribution in [3.05, 3.63) is 90.8 Å². The maximum Gasteiger partial charge on any atom is 0.224 e. The second-order valence-electron chi connectivity index (χ2n) is 6.17. The number of nitrogens with zero attached hydrogens (tertiary/aromatic N) is 2. The predicted octanol–water partition coefficient (Wildman–Crippen LogP) is 4.57. The van der Waals surface area contributed by atoms with Gasteiger partial charge in [-0.1, -0.05) is 54.6 Å². The Balaban J connectivity index is 1.53. The van der Waals surface area contributed by atoms with Gasteiger partial charge in [0.1, 0.15) is 5.65 Å². The zero-order chi connectivity index (χ0) is 17.8. The number of imidazole rings is 1. The Hall–Kier alpha value is -3.40. The Bertz CT molecular complexity index is 1000. The summed E-state index contributed by atoms with van der Waals surface area (Å²) in [5.74, 6) is 0.00469. The monoisotopic (exact) mass is 341 g/mol. The van der Waals surface area contributed by atoms with Crippen molar-refractivity contribution in [2.24, 2.45) is 0 Å². The summed E-state index contributed by atoms with van der Waals surface area (Å²) in [5.41, 5.74) is 4.59. The summed E-state index contributed by atoms with van der Waals surface area (Å²) in [5, 5.41) is 3.04. The lowest BCUT2D eigenvalue weighted by atomic mass is 10.1. The highest BCUT2D eigenvalue weighted by Gasteiger charge is 2.11. The molecule has 4 nitrogen and oxygen atoms in total. The molecule has 2 aromatic carbocycles. The van der Waals surface area contributed by atoms with Crippen LogP contribution in [-0.4, -0.2) is 15.3 Å². The van der Waals surface area contributed by atoms with Crippen LogP contribution < -0.4 is 5.32 Å². The standard InChI is InChI=1S/C22H19N3O/c26-22(14-13-17-8-2-1-3-9-17)24-19-11-5-4-10-18(19)20-16-25-15-7-6-12-21(25)23-20/h1-12,15-16H,13-14H2,(H,24,26). The van der Waals surface area contributed by atoms with E-state index in [0.29, 0.717) is 6.42 Å². The molecule has 0 aliphatic rings. The van der Waals surface area contributed by atoms with Gasteiger partial charge in [-0.05, 0) is 30.2 Å². The van der Waals surface area contributed by atoms with Crippen molar-refractivity contribution in [3.63, 3.8) is 0 Å². The van der Waals surface area contributed by atoms with Crippen molar-refractivity contribution in [2.45, 2.75) is 12.8 Å². The Kier molecular flexibility index (Phi) is 4.48. The molecule has 128 valence electrons. The summed E-state index contributed by atoms with van der Waals surface area (Å²) >= 11 is 0. The lowest BCUT2D eigenvalue weighted by molar-refractivity contribution is -0.116. The van der Waals surface area contributed by atoms with Crippen molar-refractivity contribution >= 4 is 17.2 Å². The molecular formula is C22H19N3O. The molecule has 0 spiro atoms. The van der Waals surface area contributed by atoms with Crippen LogP contribution >= 0.6 is 0 Å². The van der Waals surface area contributed by atoms with Gasteiger partial charge in [0.05, 0.1) is 11.4 Å². The molecule has 1 amide bonds. The van der Waals surface area contributed by atoms with Gasteiger partial charge in [0.2, 0.25) is 5.91 Å². The van der Waals surface area contributed by atoms with Crippen LogP contribution in [0.4, 0.5) is 5.69 Å². The maximum absolute atomic E-state index is 12.4. The fourth-order valence-corrected chi connectivity index (χ4v) is 3.00. The molecule has 0 saturated heterocycles. The van der Waals surface area contributed by atoms with Crippen LogP contribution in [0, 0.1) is 0 Å². The minimum absolute atomic E-state index is 0.00469. The fourth-order valence-electron chi connectivity index (χ4n) is 3.00. The molecule has 0 aliphatic heterocycles. The van der Waals surface area contributed by atoms with E-state index in [9.17, 15) is 4.79 Å². The molecule has 0 radical (unpaired) electrons. The summed E-state index contributed by atoms with van der Waals surface area (Å²) in [6.07, 6.45) is 5.11. The van der Waals surface area contributed by atoms with Crippen LogP contribution in [0.15, 0.2) is 85.2 Å². The predicted molar refractivity (Wildman–Crippen MR) is 104 cm³/mol. The Morgan fingerprint density at radius 3 is 2.54 bits per heavy atom.